The van der Waals surface area contributed by atoms with Gasteiger partial charge in [-0.05, 0) is 57.7 Å². The van der Waals surface area contributed by atoms with Gasteiger partial charge in [0.15, 0.2) is 0 Å². The average molecular weight is 283 g/mol. The van der Waals surface area contributed by atoms with Crippen LogP contribution in [0.1, 0.15) is 52.9 Å². The highest BCUT2D eigenvalue weighted by Gasteiger charge is 2.24. The SMILES string of the molecule is CCCN1CCCC(NC(CC(C)C)C(=O)NC)CC1. The van der Waals surface area contributed by atoms with Crippen LogP contribution in [0, 0.1) is 5.92 Å². The third kappa shape index (κ3) is 6.23. The fraction of sp³-hybridized carbons (Fsp3) is 0.938. The molecule has 20 heavy (non-hydrogen) atoms. The standard InChI is InChI=1S/C16H33N3O/c1-5-9-19-10-6-7-14(8-11-19)18-15(12-13(2)3)16(20)17-4/h13-15,18H,5-12H2,1-4H3,(H,17,20). The molecule has 1 saturated heterocycles. The Labute approximate surface area is 124 Å². The van der Waals surface area contributed by atoms with Crippen molar-refractivity contribution in [3.8, 4) is 0 Å². The fourth-order valence-corrected chi connectivity index (χ4v) is 3.04. The first-order chi connectivity index (χ1) is 9.56. The van der Waals surface area contributed by atoms with Crippen LogP contribution in [0.3, 0.4) is 0 Å². The lowest BCUT2D eigenvalue weighted by molar-refractivity contribution is -0.123. The molecule has 2 unspecified atom stereocenters. The van der Waals surface area contributed by atoms with Gasteiger partial charge in [0.25, 0.3) is 0 Å². The van der Waals surface area contributed by atoms with Gasteiger partial charge in [-0.3, -0.25) is 4.79 Å². The summed E-state index contributed by atoms with van der Waals surface area (Å²) in [5.74, 6) is 0.667. The van der Waals surface area contributed by atoms with Crippen molar-refractivity contribution in [3.63, 3.8) is 0 Å². The lowest BCUT2D eigenvalue weighted by Gasteiger charge is -2.25. The van der Waals surface area contributed by atoms with E-state index >= 15 is 0 Å². The van der Waals surface area contributed by atoms with Crippen molar-refractivity contribution in [1.82, 2.24) is 15.5 Å². The summed E-state index contributed by atoms with van der Waals surface area (Å²) < 4.78 is 0. The molecule has 0 aromatic heterocycles. The van der Waals surface area contributed by atoms with Gasteiger partial charge in [0.2, 0.25) is 5.91 Å². The largest absolute Gasteiger partial charge is 0.358 e. The van der Waals surface area contributed by atoms with E-state index in [1.807, 2.05) is 0 Å². The first kappa shape index (κ1) is 17.4. The molecule has 0 aromatic carbocycles. The lowest BCUT2D eigenvalue weighted by atomic mass is 10.0. The van der Waals surface area contributed by atoms with Gasteiger partial charge in [-0.1, -0.05) is 20.8 Å². The minimum atomic E-state index is -0.0391. The van der Waals surface area contributed by atoms with Gasteiger partial charge in [-0.15, -0.1) is 0 Å². The second kappa shape index (κ2) is 9.35. The number of likely N-dealkylation sites (tertiary alicyclic amines) is 1. The zero-order valence-corrected chi connectivity index (χ0v) is 13.7. The van der Waals surface area contributed by atoms with E-state index in [1.165, 1.54) is 32.4 Å². The van der Waals surface area contributed by atoms with E-state index in [0.29, 0.717) is 12.0 Å². The maximum absolute atomic E-state index is 12.0. The second-order valence-electron chi connectivity index (χ2n) is 6.43. The summed E-state index contributed by atoms with van der Waals surface area (Å²) in [6.45, 7) is 10.2. The number of amides is 1. The Morgan fingerprint density at radius 1 is 1.30 bits per heavy atom. The molecule has 4 heteroatoms. The Bertz CT molecular complexity index is 281. The van der Waals surface area contributed by atoms with Crippen LogP contribution in [0.5, 0.6) is 0 Å². The van der Waals surface area contributed by atoms with Crippen LogP contribution in [0.15, 0.2) is 0 Å². The van der Waals surface area contributed by atoms with Gasteiger partial charge in [-0.25, -0.2) is 0 Å². The molecular formula is C16H33N3O. The molecule has 2 N–H and O–H groups in total. The van der Waals surface area contributed by atoms with Crippen molar-refractivity contribution in [1.29, 1.82) is 0 Å². The van der Waals surface area contributed by atoms with Gasteiger partial charge in [0.1, 0.15) is 0 Å². The van der Waals surface area contributed by atoms with Gasteiger partial charge in [0.05, 0.1) is 6.04 Å². The van der Waals surface area contributed by atoms with Crippen LogP contribution in [-0.2, 0) is 4.79 Å². The molecule has 0 spiro atoms. The highest BCUT2D eigenvalue weighted by atomic mass is 16.2. The molecule has 1 amide bonds. The molecule has 1 aliphatic rings. The number of carbonyl (C=O) groups is 1. The molecule has 0 saturated carbocycles. The third-order valence-corrected chi connectivity index (χ3v) is 4.07. The maximum Gasteiger partial charge on any atom is 0.236 e. The number of likely N-dealkylation sites (N-methyl/N-ethyl adjacent to an activating group) is 1. The first-order valence-corrected chi connectivity index (χ1v) is 8.26. The van der Waals surface area contributed by atoms with Gasteiger partial charge >= 0.3 is 0 Å². The van der Waals surface area contributed by atoms with Crippen LogP contribution in [0.4, 0.5) is 0 Å². The first-order valence-electron chi connectivity index (χ1n) is 8.26. The molecule has 1 fully saturated rings. The Morgan fingerprint density at radius 2 is 2.05 bits per heavy atom. The summed E-state index contributed by atoms with van der Waals surface area (Å²) in [6.07, 6.45) is 5.72. The molecule has 4 nitrogen and oxygen atoms in total. The van der Waals surface area contributed by atoms with E-state index in [1.54, 1.807) is 7.05 Å². The zero-order valence-electron chi connectivity index (χ0n) is 13.7. The average Bonchev–Trinajstić information content (AvgIpc) is 2.63. The van der Waals surface area contributed by atoms with Crippen LogP contribution >= 0.6 is 0 Å². The van der Waals surface area contributed by atoms with Crippen molar-refractivity contribution < 1.29 is 4.79 Å². The minimum absolute atomic E-state index is 0.0391. The number of hydrogen-bond acceptors (Lipinski definition) is 3. The Morgan fingerprint density at radius 3 is 2.65 bits per heavy atom. The van der Waals surface area contributed by atoms with Crippen molar-refractivity contribution in [2.24, 2.45) is 5.92 Å². The van der Waals surface area contributed by atoms with E-state index in [2.05, 4.69) is 36.3 Å². The Hall–Kier alpha value is -0.610. The summed E-state index contributed by atoms with van der Waals surface area (Å²) in [6, 6.07) is 0.445. The minimum Gasteiger partial charge on any atom is -0.358 e. The van der Waals surface area contributed by atoms with Crippen molar-refractivity contribution in [2.45, 2.75) is 65.0 Å². The number of carbonyl (C=O) groups excluding carboxylic acids is 1. The summed E-state index contributed by atoms with van der Waals surface area (Å²) in [4.78, 5) is 14.5. The topological polar surface area (TPSA) is 44.4 Å². The molecule has 0 aliphatic carbocycles. The van der Waals surface area contributed by atoms with E-state index in [-0.39, 0.29) is 11.9 Å². The summed E-state index contributed by atoms with van der Waals surface area (Å²) in [5.41, 5.74) is 0. The lowest BCUT2D eigenvalue weighted by Crippen LogP contribution is -2.48. The Kier molecular flexibility index (Phi) is 8.15. The molecule has 0 bridgehead atoms. The maximum atomic E-state index is 12.0. The third-order valence-electron chi connectivity index (χ3n) is 4.07. The van der Waals surface area contributed by atoms with Gasteiger partial charge < -0.3 is 15.5 Å². The molecule has 2 atom stereocenters. The fourth-order valence-electron chi connectivity index (χ4n) is 3.04. The van der Waals surface area contributed by atoms with Crippen molar-refractivity contribution >= 4 is 5.91 Å². The summed E-state index contributed by atoms with van der Waals surface area (Å²) in [5, 5.41) is 6.39. The number of nitrogens with one attached hydrogen (secondary N) is 2. The molecular weight excluding hydrogens is 250 g/mol. The predicted molar refractivity (Wildman–Crippen MR) is 84.8 cm³/mol. The molecule has 1 aliphatic heterocycles. The zero-order chi connectivity index (χ0) is 15.0. The van der Waals surface area contributed by atoms with Gasteiger partial charge in [0, 0.05) is 13.1 Å². The van der Waals surface area contributed by atoms with E-state index < -0.39 is 0 Å². The number of rotatable bonds is 7. The smallest absolute Gasteiger partial charge is 0.236 e. The van der Waals surface area contributed by atoms with Crippen LogP contribution in [0.2, 0.25) is 0 Å². The highest BCUT2D eigenvalue weighted by Crippen LogP contribution is 2.14. The van der Waals surface area contributed by atoms with Gasteiger partial charge in [-0.2, -0.15) is 0 Å². The normalized spacial score (nSPS) is 22.6. The molecule has 0 radical (unpaired) electrons. The number of nitrogens with zero attached hydrogens (tertiary/aromatic N) is 1. The van der Waals surface area contributed by atoms with Crippen LogP contribution in [-0.4, -0.2) is 49.6 Å². The molecule has 0 aromatic rings. The highest BCUT2D eigenvalue weighted by molar-refractivity contribution is 5.81. The summed E-state index contributed by atoms with van der Waals surface area (Å²) >= 11 is 0. The van der Waals surface area contributed by atoms with Crippen LogP contribution < -0.4 is 10.6 Å². The number of hydrogen-bond donors (Lipinski definition) is 2. The van der Waals surface area contributed by atoms with E-state index in [4.69, 9.17) is 0 Å². The molecule has 1 rings (SSSR count). The predicted octanol–water partition coefficient (Wildman–Crippen LogP) is 2.00. The van der Waals surface area contributed by atoms with Crippen LogP contribution in [0.25, 0.3) is 0 Å². The monoisotopic (exact) mass is 283 g/mol. The second-order valence-corrected chi connectivity index (χ2v) is 6.43. The van der Waals surface area contributed by atoms with Crippen molar-refractivity contribution in [3.05, 3.63) is 0 Å². The van der Waals surface area contributed by atoms with E-state index in [9.17, 15) is 4.79 Å². The summed E-state index contributed by atoms with van der Waals surface area (Å²) in [7, 11) is 1.73. The van der Waals surface area contributed by atoms with Crippen molar-refractivity contribution in [2.75, 3.05) is 26.7 Å². The molecule has 118 valence electrons. The molecule has 1 heterocycles. The van der Waals surface area contributed by atoms with E-state index in [0.717, 1.165) is 19.4 Å². The Balaban J connectivity index is 2.49. The quantitative estimate of drug-likeness (QED) is 0.751.